The molecule has 3 N–H and O–H groups in total. The van der Waals surface area contributed by atoms with Gasteiger partial charge in [0.05, 0.1) is 12.1 Å². The summed E-state index contributed by atoms with van der Waals surface area (Å²) in [7, 11) is 0. The summed E-state index contributed by atoms with van der Waals surface area (Å²) >= 11 is 0. The number of aromatic nitrogens is 3. The highest BCUT2D eigenvalue weighted by Gasteiger charge is 2.20. The van der Waals surface area contributed by atoms with Gasteiger partial charge in [0.25, 0.3) is 5.56 Å². The largest absolute Gasteiger partial charge is 0.391 e. The lowest BCUT2D eigenvalue weighted by molar-refractivity contribution is 0.139. The summed E-state index contributed by atoms with van der Waals surface area (Å²) in [6.45, 7) is 5.14. The van der Waals surface area contributed by atoms with E-state index >= 15 is 0 Å². The van der Waals surface area contributed by atoms with Crippen LogP contribution in [0.2, 0.25) is 0 Å². The molecular formula is C21H22N6O2. The Kier molecular flexibility index (Phi) is 5.01. The van der Waals surface area contributed by atoms with E-state index in [9.17, 15) is 15.2 Å². The van der Waals surface area contributed by atoms with E-state index in [1.54, 1.807) is 20.0 Å². The molecule has 0 saturated carbocycles. The summed E-state index contributed by atoms with van der Waals surface area (Å²) in [6.07, 6.45) is 1.76. The monoisotopic (exact) mass is 390 g/mol. The molecule has 0 fully saturated rings. The Balaban J connectivity index is 1.78. The van der Waals surface area contributed by atoms with Gasteiger partial charge in [-0.25, -0.2) is 4.98 Å². The van der Waals surface area contributed by atoms with Crippen molar-refractivity contribution in [2.45, 2.75) is 39.0 Å². The van der Waals surface area contributed by atoms with E-state index in [4.69, 9.17) is 0 Å². The van der Waals surface area contributed by atoms with Gasteiger partial charge in [-0.3, -0.25) is 9.36 Å². The Bertz CT molecular complexity index is 1180. The molecule has 4 rings (SSSR count). The second-order valence-corrected chi connectivity index (χ2v) is 7.33. The Morgan fingerprint density at radius 3 is 2.90 bits per heavy atom. The highest BCUT2D eigenvalue weighted by atomic mass is 16.3. The molecule has 0 aliphatic carbocycles. The molecule has 0 spiro atoms. The van der Waals surface area contributed by atoms with Gasteiger partial charge >= 0.3 is 0 Å². The molecule has 1 aliphatic rings. The average Bonchev–Trinajstić information content (AvgIpc) is 2.73. The van der Waals surface area contributed by atoms with Crippen molar-refractivity contribution in [3.63, 3.8) is 0 Å². The topological polar surface area (TPSA) is 116 Å². The van der Waals surface area contributed by atoms with Crippen molar-refractivity contribution in [3.8, 4) is 6.07 Å². The number of pyridine rings is 1. The van der Waals surface area contributed by atoms with E-state index in [1.807, 2.05) is 12.1 Å². The van der Waals surface area contributed by atoms with Crippen LogP contribution in [-0.4, -0.2) is 32.3 Å². The SMILES string of the molecule is CC(O)C(C)n1c(=O)c(C#N)cc2cnc(Nc3ccc4c(c3)CCNC4)nc21. The first-order valence-electron chi connectivity index (χ1n) is 9.58. The number of aliphatic hydroxyl groups excluding tert-OH is 1. The van der Waals surface area contributed by atoms with Gasteiger partial charge < -0.3 is 15.7 Å². The Morgan fingerprint density at radius 2 is 2.14 bits per heavy atom. The van der Waals surface area contributed by atoms with Crippen molar-refractivity contribution in [3.05, 3.63) is 57.5 Å². The summed E-state index contributed by atoms with van der Waals surface area (Å²) in [5, 5.41) is 26.4. The first kappa shape index (κ1) is 19.1. The van der Waals surface area contributed by atoms with E-state index in [2.05, 4.69) is 32.7 Å². The molecule has 2 unspecified atom stereocenters. The summed E-state index contributed by atoms with van der Waals surface area (Å²) < 4.78 is 1.37. The zero-order chi connectivity index (χ0) is 20.5. The normalized spacial score (nSPS) is 15.4. The quantitative estimate of drug-likeness (QED) is 0.624. The third kappa shape index (κ3) is 3.58. The Labute approximate surface area is 167 Å². The van der Waals surface area contributed by atoms with Crippen LogP contribution in [0, 0.1) is 11.3 Å². The lowest BCUT2D eigenvalue weighted by Gasteiger charge is -2.20. The maximum absolute atomic E-state index is 12.7. The second kappa shape index (κ2) is 7.62. The van der Waals surface area contributed by atoms with Crippen LogP contribution in [0.1, 0.15) is 36.6 Å². The number of anilines is 2. The van der Waals surface area contributed by atoms with Crippen LogP contribution in [-0.2, 0) is 13.0 Å². The highest BCUT2D eigenvalue weighted by Crippen LogP contribution is 2.23. The first-order chi connectivity index (χ1) is 14.0. The molecule has 0 amide bonds. The van der Waals surface area contributed by atoms with Crippen LogP contribution < -0.4 is 16.2 Å². The number of benzene rings is 1. The molecular weight excluding hydrogens is 368 g/mol. The molecule has 2 aromatic heterocycles. The molecule has 8 nitrogen and oxygen atoms in total. The van der Waals surface area contributed by atoms with Crippen molar-refractivity contribution in [1.82, 2.24) is 19.9 Å². The van der Waals surface area contributed by atoms with Crippen molar-refractivity contribution >= 4 is 22.7 Å². The van der Waals surface area contributed by atoms with Gasteiger partial charge in [-0.1, -0.05) is 6.07 Å². The minimum Gasteiger partial charge on any atom is -0.391 e. The van der Waals surface area contributed by atoms with Crippen LogP contribution >= 0.6 is 0 Å². The molecule has 0 radical (unpaired) electrons. The standard InChI is InChI=1S/C21H22N6O2/c1-12(13(2)28)27-19-17(7-16(9-22)20(27)29)11-24-21(26-19)25-18-4-3-15-10-23-6-5-14(15)8-18/h3-4,7-8,11-13,23,28H,5-6,10H2,1-2H3,(H,24,25,26). The fourth-order valence-electron chi connectivity index (χ4n) is 3.54. The zero-order valence-electron chi connectivity index (χ0n) is 16.3. The van der Waals surface area contributed by atoms with Crippen LogP contribution in [0.3, 0.4) is 0 Å². The molecule has 0 bridgehead atoms. The summed E-state index contributed by atoms with van der Waals surface area (Å²) in [5.41, 5.74) is 3.34. The number of rotatable bonds is 4. The van der Waals surface area contributed by atoms with Gasteiger partial charge in [0.2, 0.25) is 5.95 Å². The molecule has 29 heavy (non-hydrogen) atoms. The predicted molar refractivity (Wildman–Crippen MR) is 110 cm³/mol. The predicted octanol–water partition coefficient (Wildman–Crippen LogP) is 1.99. The molecule has 1 aliphatic heterocycles. The summed E-state index contributed by atoms with van der Waals surface area (Å²) in [5.74, 6) is 0.349. The number of nitrogens with one attached hydrogen (secondary N) is 2. The van der Waals surface area contributed by atoms with E-state index in [1.165, 1.54) is 21.8 Å². The van der Waals surface area contributed by atoms with Crippen molar-refractivity contribution < 1.29 is 5.11 Å². The van der Waals surface area contributed by atoms with Gasteiger partial charge in [0.1, 0.15) is 17.3 Å². The van der Waals surface area contributed by atoms with Crippen LogP contribution in [0.4, 0.5) is 11.6 Å². The van der Waals surface area contributed by atoms with Crippen LogP contribution in [0.15, 0.2) is 35.3 Å². The lowest BCUT2D eigenvalue weighted by Crippen LogP contribution is -2.31. The molecule has 8 heteroatoms. The van der Waals surface area contributed by atoms with E-state index in [-0.39, 0.29) is 5.56 Å². The average molecular weight is 390 g/mol. The second-order valence-electron chi connectivity index (χ2n) is 7.33. The van der Waals surface area contributed by atoms with Gasteiger partial charge in [-0.15, -0.1) is 0 Å². The lowest BCUT2D eigenvalue weighted by atomic mass is 10.0. The van der Waals surface area contributed by atoms with Crippen LogP contribution in [0.5, 0.6) is 0 Å². The van der Waals surface area contributed by atoms with E-state index in [0.29, 0.717) is 17.0 Å². The minimum absolute atomic E-state index is 0.00222. The van der Waals surface area contributed by atoms with Crippen molar-refractivity contribution in [2.75, 3.05) is 11.9 Å². The van der Waals surface area contributed by atoms with Crippen molar-refractivity contribution in [1.29, 1.82) is 5.26 Å². The van der Waals surface area contributed by atoms with Gasteiger partial charge in [-0.05, 0) is 56.1 Å². The number of hydrogen-bond acceptors (Lipinski definition) is 7. The Hall–Kier alpha value is -3.28. The fraction of sp³-hybridized carbons (Fsp3) is 0.333. The molecule has 3 aromatic rings. The molecule has 2 atom stereocenters. The van der Waals surface area contributed by atoms with Gasteiger partial charge in [-0.2, -0.15) is 10.2 Å². The zero-order valence-corrected chi connectivity index (χ0v) is 16.3. The molecule has 1 aromatic carbocycles. The maximum atomic E-state index is 12.7. The summed E-state index contributed by atoms with van der Waals surface area (Å²) in [4.78, 5) is 21.6. The Morgan fingerprint density at radius 1 is 1.31 bits per heavy atom. The number of aliphatic hydroxyl groups is 1. The van der Waals surface area contributed by atoms with Gasteiger partial charge in [0.15, 0.2) is 0 Å². The number of nitriles is 1. The maximum Gasteiger partial charge on any atom is 0.270 e. The third-order valence-corrected chi connectivity index (χ3v) is 5.35. The first-order valence-corrected chi connectivity index (χ1v) is 9.58. The smallest absolute Gasteiger partial charge is 0.270 e. The highest BCUT2D eigenvalue weighted by molar-refractivity contribution is 5.77. The van der Waals surface area contributed by atoms with Crippen LogP contribution in [0.25, 0.3) is 11.0 Å². The fourth-order valence-corrected chi connectivity index (χ4v) is 3.54. The molecule has 3 heterocycles. The van der Waals surface area contributed by atoms with Gasteiger partial charge in [0, 0.05) is 23.8 Å². The third-order valence-electron chi connectivity index (χ3n) is 5.35. The minimum atomic E-state index is -0.787. The number of fused-ring (bicyclic) bond motifs is 2. The number of hydrogen-bond donors (Lipinski definition) is 3. The van der Waals surface area contributed by atoms with E-state index < -0.39 is 17.7 Å². The summed E-state index contributed by atoms with van der Waals surface area (Å²) in [6, 6.07) is 9.00. The van der Waals surface area contributed by atoms with Crippen molar-refractivity contribution in [2.24, 2.45) is 0 Å². The molecule has 148 valence electrons. The number of nitrogens with zero attached hydrogens (tertiary/aromatic N) is 4. The van der Waals surface area contributed by atoms with E-state index in [0.717, 1.165) is 25.2 Å². The molecule has 0 saturated heterocycles.